The van der Waals surface area contributed by atoms with Crippen LogP contribution in [0.4, 0.5) is 5.82 Å². The van der Waals surface area contributed by atoms with E-state index in [1.165, 1.54) is 12.8 Å². The number of rotatable bonds is 4. The zero-order chi connectivity index (χ0) is 16.6. The third-order valence-corrected chi connectivity index (χ3v) is 5.02. The lowest BCUT2D eigenvalue weighted by Crippen LogP contribution is -2.46. The van der Waals surface area contributed by atoms with E-state index in [1.807, 2.05) is 28.9 Å². The van der Waals surface area contributed by atoms with Crippen LogP contribution in [-0.4, -0.2) is 55.9 Å². The Morgan fingerprint density at radius 3 is 2.60 bits per heavy atom. The van der Waals surface area contributed by atoms with E-state index in [4.69, 9.17) is 5.10 Å². The van der Waals surface area contributed by atoms with Crippen LogP contribution in [0.15, 0.2) is 36.5 Å². The van der Waals surface area contributed by atoms with E-state index in [0.717, 1.165) is 55.7 Å². The van der Waals surface area contributed by atoms with Crippen LogP contribution in [0.2, 0.25) is 0 Å². The highest BCUT2D eigenvalue weighted by Gasteiger charge is 2.29. The first-order valence-corrected chi connectivity index (χ1v) is 8.96. The summed E-state index contributed by atoms with van der Waals surface area (Å²) < 4.78 is 1.94. The first kappa shape index (κ1) is 14.8. The largest absolute Gasteiger partial charge is 0.353 e. The SMILES string of the molecule is c1ccc(CN2CCN(c3ccc4nnc(C5CC5)n4n3)CC2)nc1. The third kappa shape index (κ3) is 2.95. The van der Waals surface area contributed by atoms with Crippen molar-refractivity contribution in [3.8, 4) is 0 Å². The van der Waals surface area contributed by atoms with Crippen LogP contribution in [0, 0.1) is 0 Å². The maximum Gasteiger partial charge on any atom is 0.178 e. The average Bonchev–Trinajstić information content (AvgIpc) is 3.42. The van der Waals surface area contributed by atoms with E-state index in [2.05, 4.69) is 37.1 Å². The van der Waals surface area contributed by atoms with E-state index >= 15 is 0 Å². The molecule has 0 atom stereocenters. The monoisotopic (exact) mass is 335 g/mol. The molecule has 2 fully saturated rings. The van der Waals surface area contributed by atoms with Crippen molar-refractivity contribution >= 4 is 11.5 Å². The van der Waals surface area contributed by atoms with Gasteiger partial charge in [-0.05, 0) is 37.1 Å². The quantitative estimate of drug-likeness (QED) is 0.723. The molecule has 1 aliphatic heterocycles. The van der Waals surface area contributed by atoms with E-state index < -0.39 is 0 Å². The molecular formula is C18H21N7. The Labute approximate surface area is 146 Å². The maximum absolute atomic E-state index is 4.82. The zero-order valence-corrected chi connectivity index (χ0v) is 14.1. The summed E-state index contributed by atoms with van der Waals surface area (Å²) in [6.45, 7) is 4.92. The van der Waals surface area contributed by atoms with Gasteiger partial charge in [0, 0.05) is 44.8 Å². The minimum Gasteiger partial charge on any atom is -0.353 e. The molecule has 25 heavy (non-hydrogen) atoms. The van der Waals surface area contributed by atoms with Crippen molar-refractivity contribution in [1.29, 1.82) is 0 Å². The van der Waals surface area contributed by atoms with Gasteiger partial charge in [-0.3, -0.25) is 9.88 Å². The second kappa shape index (κ2) is 6.07. The third-order valence-electron chi connectivity index (χ3n) is 5.02. The van der Waals surface area contributed by atoms with Gasteiger partial charge < -0.3 is 4.90 Å². The molecule has 2 aliphatic rings. The van der Waals surface area contributed by atoms with Gasteiger partial charge in [-0.25, -0.2) is 0 Å². The Bertz CT molecular complexity index is 864. The van der Waals surface area contributed by atoms with Crippen LogP contribution < -0.4 is 4.90 Å². The number of fused-ring (bicyclic) bond motifs is 1. The zero-order valence-electron chi connectivity index (χ0n) is 14.1. The van der Waals surface area contributed by atoms with Crippen LogP contribution in [0.25, 0.3) is 5.65 Å². The molecule has 7 nitrogen and oxygen atoms in total. The number of aromatic nitrogens is 5. The highest BCUT2D eigenvalue weighted by molar-refractivity contribution is 5.46. The Kier molecular flexibility index (Phi) is 3.59. The summed E-state index contributed by atoms with van der Waals surface area (Å²) in [7, 11) is 0. The van der Waals surface area contributed by atoms with Gasteiger partial charge >= 0.3 is 0 Å². The van der Waals surface area contributed by atoms with Crippen LogP contribution in [0.3, 0.4) is 0 Å². The highest BCUT2D eigenvalue weighted by Crippen LogP contribution is 2.38. The van der Waals surface area contributed by atoms with Gasteiger partial charge in [-0.2, -0.15) is 4.52 Å². The molecule has 3 aromatic rings. The lowest BCUT2D eigenvalue weighted by atomic mass is 10.2. The fourth-order valence-electron chi connectivity index (χ4n) is 3.42. The summed E-state index contributed by atoms with van der Waals surface area (Å²) in [5, 5.41) is 13.4. The van der Waals surface area contributed by atoms with Crippen LogP contribution in [0.5, 0.6) is 0 Å². The van der Waals surface area contributed by atoms with E-state index in [0.29, 0.717) is 5.92 Å². The maximum atomic E-state index is 4.82. The summed E-state index contributed by atoms with van der Waals surface area (Å²) in [6, 6.07) is 10.2. The van der Waals surface area contributed by atoms with Crippen molar-refractivity contribution in [1.82, 2.24) is 29.7 Å². The molecule has 1 saturated carbocycles. The molecule has 128 valence electrons. The predicted octanol–water partition coefficient (Wildman–Crippen LogP) is 1.72. The number of hydrogen-bond donors (Lipinski definition) is 0. The van der Waals surface area contributed by atoms with Crippen molar-refractivity contribution in [3.63, 3.8) is 0 Å². The lowest BCUT2D eigenvalue weighted by molar-refractivity contribution is 0.246. The van der Waals surface area contributed by atoms with E-state index in [9.17, 15) is 0 Å². The molecule has 0 N–H and O–H groups in total. The summed E-state index contributed by atoms with van der Waals surface area (Å²) >= 11 is 0. The van der Waals surface area contributed by atoms with E-state index in [-0.39, 0.29) is 0 Å². The molecule has 7 heteroatoms. The lowest BCUT2D eigenvalue weighted by Gasteiger charge is -2.35. The number of piperazine rings is 1. The van der Waals surface area contributed by atoms with Crippen molar-refractivity contribution in [3.05, 3.63) is 48.0 Å². The van der Waals surface area contributed by atoms with Crippen molar-refractivity contribution < 1.29 is 0 Å². The molecule has 0 unspecified atom stereocenters. The van der Waals surface area contributed by atoms with Crippen molar-refractivity contribution in [2.45, 2.75) is 25.3 Å². The first-order valence-electron chi connectivity index (χ1n) is 8.96. The normalized spacial score (nSPS) is 18.8. The molecule has 5 rings (SSSR count). The van der Waals surface area contributed by atoms with Crippen LogP contribution in [0.1, 0.15) is 30.3 Å². The number of anilines is 1. The fourth-order valence-corrected chi connectivity index (χ4v) is 3.42. The molecule has 1 saturated heterocycles. The highest BCUT2D eigenvalue weighted by atomic mass is 15.4. The molecule has 1 aliphatic carbocycles. The summed E-state index contributed by atoms with van der Waals surface area (Å²) in [5.74, 6) is 2.59. The number of pyridine rings is 1. The van der Waals surface area contributed by atoms with Gasteiger partial charge in [-0.1, -0.05) is 6.07 Å². The fraction of sp³-hybridized carbons (Fsp3) is 0.444. The van der Waals surface area contributed by atoms with Crippen LogP contribution in [-0.2, 0) is 6.54 Å². The second-order valence-electron chi connectivity index (χ2n) is 6.88. The Hall–Kier alpha value is -2.54. The number of nitrogens with zero attached hydrogens (tertiary/aromatic N) is 7. The topological polar surface area (TPSA) is 62.5 Å². The van der Waals surface area contributed by atoms with Crippen LogP contribution >= 0.6 is 0 Å². The number of hydrogen-bond acceptors (Lipinski definition) is 6. The summed E-state index contributed by atoms with van der Waals surface area (Å²) in [4.78, 5) is 9.23. The molecule has 0 spiro atoms. The van der Waals surface area contributed by atoms with Crippen molar-refractivity contribution in [2.75, 3.05) is 31.1 Å². The van der Waals surface area contributed by atoms with Gasteiger partial charge in [0.25, 0.3) is 0 Å². The average molecular weight is 335 g/mol. The minimum atomic E-state index is 0.549. The summed E-state index contributed by atoms with van der Waals surface area (Å²) in [5.41, 5.74) is 1.98. The van der Waals surface area contributed by atoms with E-state index in [1.54, 1.807) is 0 Å². The molecule has 0 amide bonds. The molecule has 3 aromatic heterocycles. The summed E-state index contributed by atoms with van der Waals surface area (Å²) in [6.07, 6.45) is 4.28. The smallest absolute Gasteiger partial charge is 0.178 e. The van der Waals surface area contributed by atoms with Gasteiger partial charge in [-0.15, -0.1) is 15.3 Å². The Morgan fingerprint density at radius 1 is 0.960 bits per heavy atom. The van der Waals surface area contributed by atoms with Crippen molar-refractivity contribution in [2.24, 2.45) is 0 Å². The molecular weight excluding hydrogens is 314 g/mol. The van der Waals surface area contributed by atoms with Gasteiger partial charge in [0.2, 0.25) is 0 Å². The second-order valence-corrected chi connectivity index (χ2v) is 6.88. The molecule has 4 heterocycles. The van der Waals surface area contributed by atoms with Gasteiger partial charge in [0.05, 0.1) is 5.69 Å². The van der Waals surface area contributed by atoms with Gasteiger partial charge in [0.15, 0.2) is 11.5 Å². The standard InChI is InChI=1S/C18H21N7/c1-2-8-19-15(3-1)13-23-9-11-24(12-10-23)17-7-6-16-20-21-18(14-4-5-14)25(16)22-17/h1-3,6-8,14H,4-5,9-13H2. The molecule has 0 aromatic carbocycles. The minimum absolute atomic E-state index is 0.549. The first-order chi connectivity index (χ1) is 12.4. The Balaban J connectivity index is 1.29. The Morgan fingerprint density at radius 2 is 1.84 bits per heavy atom. The van der Waals surface area contributed by atoms with Gasteiger partial charge in [0.1, 0.15) is 5.82 Å². The molecule has 0 bridgehead atoms. The molecule has 0 radical (unpaired) electrons. The predicted molar refractivity (Wildman–Crippen MR) is 94.5 cm³/mol.